The van der Waals surface area contributed by atoms with Crippen LogP contribution in [0.15, 0.2) is 24.3 Å². The summed E-state index contributed by atoms with van der Waals surface area (Å²) in [6.07, 6.45) is 0.850. The highest BCUT2D eigenvalue weighted by Gasteiger charge is 2.12. The van der Waals surface area contributed by atoms with E-state index in [1.165, 1.54) is 0 Å². The Labute approximate surface area is 127 Å². The predicted molar refractivity (Wildman–Crippen MR) is 81.8 cm³/mol. The lowest BCUT2D eigenvalue weighted by atomic mass is 9.95. The molecule has 0 atom stereocenters. The zero-order chi connectivity index (χ0) is 14.2. The second kappa shape index (κ2) is 5.54. The maximum atomic E-state index is 10.9. The van der Waals surface area contributed by atoms with Gasteiger partial charge in [0, 0.05) is 16.1 Å². The molecule has 0 aromatic heterocycles. The molecule has 0 spiro atoms. The van der Waals surface area contributed by atoms with Crippen molar-refractivity contribution in [1.82, 2.24) is 0 Å². The van der Waals surface area contributed by atoms with E-state index >= 15 is 0 Å². The molecule has 2 aromatic rings. The van der Waals surface area contributed by atoms with E-state index in [1.54, 1.807) is 12.1 Å². The monoisotopic (exact) mass is 312 g/mol. The minimum absolute atomic E-state index is 0.425. The predicted octanol–water partition coefficient (Wildman–Crippen LogP) is 5.74. The fourth-order valence-electron chi connectivity index (χ4n) is 1.98. The average Bonchev–Trinajstić information content (AvgIpc) is 2.36. The van der Waals surface area contributed by atoms with E-state index in [0.717, 1.165) is 28.5 Å². The van der Waals surface area contributed by atoms with Crippen molar-refractivity contribution in [2.75, 3.05) is 0 Å². The first-order chi connectivity index (χ1) is 8.93. The smallest absolute Gasteiger partial charge is 0.150 e. The molecule has 0 unspecified atom stereocenters. The van der Waals surface area contributed by atoms with Crippen molar-refractivity contribution in [3.8, 4) is 11.1 Å². The van der Waals surface area contributed by atoms with Crippen LogP contribution in [0.3, 0.4) is 0 Å². The Kier molecular flexibility index (Phi) is 4.19. The molecule has 0 fully saturated rings. The normalized spacial score (nSPS) is 10.6. The maximum Gasteiger partial charge on any atom is 0.150 e. The van der Waals surface area contributed by atoms with Crippen LogP contribution in [0.1, 0.15) is 21.5 Å². The number of hydrogen-bond acceptors (Lipinski definition) is 1. The van der Waals surface area contributed by atoms with Crippen LogP contribution in [0, 0.1) is 13.8 Å². The molecular formula is C15H11Cl3O. The number of carbonyl (C=O) groups excluding carboxylic acids is 1. The Hall–Kier alpha value is -1.02. The van der Waals surface area contributed by atoms with Gasteiger partial charge in [0.15, 0.2) is 0 Å². The van der Waals surface area contributed by atoms with Crippen molar-refractivity contribution in [3.63, 3.8) is 0 Å². The maximum absolute atomic E-state index is 10.9. The number of aldehydes is 1. The van der Waals surface area contributed by atoms with E-state index in [1.807, 2.05) is 26.0 Å². The summed E-state index contributed by atoms with van der Waals surface area (Å²) in [5.41, 5.74) is 4.31. The summed E-state index contributed by atoms with van der Waals surface area (Å²) in [5.74, 6) is 0. The van der Waals surface area contributed by atoms with Crippen molar-refractivity contribution in [2.24, 2.45) is 0 Å². The first-order valence-corrected chi connectivity index (χ1v) is 6.78. The summed E-state index contributed by atoms with van der Waals surface area (Å²) in [7, 11) is 0. The molecule has 2 rings (SSSR count). The molecule has 0 saturated carbocycles. The van der Waals surface area contributed by atoms with E-state index in [4.69, 9.17) is 34.8 Å². The molecule has 19 heavy (non-hydrogen) atoms. The molecule has 0 saturated heterocycles. The summed E-state index contributed by atoms with van der Waals surface area (Å²) in [5, 5.41) is 1.42. The molecule has 0 amide bonds. The topological polar surface area (TPSA) is 17.1 Å². The Balaban J connectivity index is 2.69. The summed E-state index contributed by atoms with van der Waals surface area (Å²) in [6.45, 7) is 3.82. The SMILES string of the molecule is Cc1cc(-c2cc(Cl)c(Cl)cc2Cl)c(C)cc1C=O. The Bertz CT molecular complexity index is 663. The van der Waals surface area contributed by atoms with Gasteiger partial charge in [-0.05, 0) is 48.7 Å². The highest BCUT2D eigenvalue weighted by atomic mass is 35.5. The number of carbonyl (C=O) groups is 1. The third kappa shape index (κ3) is 2.79. The van der Waals surface area contributed by atoms with Crippen molar-refractivity contribution in [2.45, 2.75) is 13.8 Å². The van der Waals surface area contributed by atoms with Crippen LogP contribution in [0.25, 0.3) is 11.1 Å². The molecule has 0 heterocycles. The lowest BCUT2D eigenvalue weighted by molar-refractivity contribution is 0.112. The first kappa shape index (κ1) is 14.4. The van der Waals surface area contributed by atoms with E-state index in [-0.39, 0.29) is 0 Å². The minimum atomic E-state index is 0.425. The Morgan fingerprint density at radius 3 is 2.05 bits per heavy atom. The quantitative estimate of drug-likeness (QED) is 0.510. The van der Waals surface area contributed by atoms with Crippen molar-refractivity contribution in [3.05, 3.63) is 56.0 Å². The van der Waals surface area contributed by atoms with Crippen molar-refractivity contribution >= 4 is 41.1 Å². The summed E-state index contributed by atoms with van der Waals surface area (Å²) < 4.78 is 0. The molecule has 0 radical (unpaired) electrons. The van der Waals surface area contributed by atoms with Gasteiger partial charge in [-0.1, -0.05) is 40.9 Å². The van der Waals surface area contributed by atoms with Gasteiger partial charge in [-0.25, -0.2) is 0 Å². The zero-order valence-electron chi connectivity index (χ0n) is 10.4. The largest absolute Gasteiger partial charge is 0.298 e. The van der Waals surface area contributed by atoms with Crippen molar-refractivity contribution in [1.29, 1.82) is 0 Å². The highest BCUT2D eigenvalue weighted by molar-refractivity contribution is 6.44. The molecular weight excluding hydrogens is 303 g/mol. The van der Waals surface area contributed by atoms with Gasteiger partial charge in [0.1, 0.15) is 6.29 Å². The molecule has 0 aliphatic rings. The molecule has 4 heteroatoms. The van der Waals surface area contributed by atoms with Crippen LogP contribution in [-0.4, -0.2) is 6.29 Å². The lowest BCUT2D eigenvalue weighted by Gasteiger charge is -2.12. The second-order valence-corrected chi connectivity index (χ2v) is 5.61. The molecule has 98 valence electrons. The van der Waals surface area contributed by atoms with E-state index in [9.17, 15) is 4.79 Å². The molecule has 2 aromatic carbocycles. The first-order valence-electron chi connectivity index (χ1n) is 5.65. The third-order valence-corrected chi connectivity index (χ3v) is 4.07. The van der Waals surface area contributed by atoms with Gasteiger partial charge < -0.3 is 0 Å². The van der Waals surface area contributed by atoms with Gasteiger partial charge in [0.2, 0.25) is 0 Å². The van der Waals surface area contributed by atoms with Gasteiger partial charge in [-0.15, -0.1) is 0 Å². The zero-order valence-corrected chi connectivity index (χ0v) is 12.7. The van der Waals surface area contributed by atoms with Crippen LogP contribution in [0.2, 0.25) is 15.1 Å². The third-order valence-electron chi connectivity index (χ3n) is 3.04. The van der Waals surface area contributed by atoms with Crippen molar-refractivity contribution < 1.29 is 4.79 Å². The fourth-order valence-corrected chi connectivity index (χ4v) is 2.63. The molecule has 0 N–H and O–H groups in total. The van der Waals surface area contributed by atoms with Crippen LogP contribution in [0.4, 0.5) is 0 Å². The minimum Gasteiger partial charge on any atom is -0.298 e. The molecule has 0 aliphatic heterocycles. The van der Waals surface area contributed by atoms with Gasteiger partial charge in [-0.2, -0.15) is 0 Å². The van der Waals surface area contributed by atoms with E-state index in [2.05, 4.69) is 0 Å². The molecule has 0 bridgehead atoms. The van der Waals surface area contributed by atoms with E-state index < -0.39 is 0 Å². The van der Waals surface area contributed by atoms with Crippen LogP contribution >= 0.6 is 34.8 Å². The van der Waals surface area contributed by atoms with E-state index in [0.29, 0.717) is 20.6 Å². The number of benzene rings is 2. The lowest BCUT2D eigenvalue weighted by Crippen LogP contribution is -1.92. The summed E-state index contributed by atoms with van der Waals surface area (Å²) in [6, 6.07) is 7.15. The Morgan fingerprint density at radius 1 is 0.789 bits per heavy atom. The summed E-state index contributed by atoms with van der Waals surface area (Å²) in [4.78, 5) is 10.9. The second-order valence-electron chi connectivity index (χ2n) is 4.39. The number of aryl methyl sites for hydroxylation is 2. The molecule has 1 nitrogen and oxygen atoms in total. The van der Waals surface area contributed by atoms with Crippen LogP contribution < -0.4 is 0 Å². The van der Waals surface area contributed by atoms with Gasteiger partial charge >= 0.3 is 0 Å². The summed E-state index contributed by atoms with van der Waals surface area (Å²) >= 11 is 18.2. The van der Waals surface area contributed by atoms with Crippen LogP contribution in [-0.2, 0) is 0 Å². The number of hydrogen-bond donors (Lipinski definition) is 0. The van der Waals surface area contributed by atoms with Gasteiger partial charge in [-0.3, -0.25) is 4.79 Å². The molecule has 0 aliphatic carbocycles. The average molecular weight is 314 g/mol. The van der Waals surface area contributed by atoms with Gasteiger partial charge in [0.25, 0.3) is 0 Å². The van der Waals surface area contributed by atoms with Crippen LogP contribution in [0.5, 0.6) is 0 Å². The fraction of sp³-hybridized carbons (Fsp3) is 0.133. The Morgan fingerprint density at radius 2 is 1.42 bits per heavy atom. The number of halogens is 3. The number of rotatable bonds is 2. The highest BCUT2D eigenvalue weighted by Crippen LogP contribution is 2.37. The van der Waals surface area contributed by atoms with Gasteiger partial charge in [0.05, 0.1) is 10.0 Å². The standard InChI is InChI=1S/C15H11Cl3O/c1-8-4-11(9(2)3-10(8)7-19)12-5-14(17)15(18)6-13(12)16/h3-7H,1-2H3.